The number of pyridine rings is 1. The molecule has 5 heteroatoms. The van der Waals surface area contributed by atoms with E-state index in [0.29, 0.717) is 0 Å². The summed E-state index contributed by atoms with van der Waals surface area (Å²) in [6, 6.07) is 2.24. The number of fused-ring (bicyclic) bond motifs is 4. The summed E-state index contributed by atoms with van der Waals surface area (Å²) >= 11 is 0. The van der Waals surface area contributed by atoms with Crippen LogP contribution in [0.25, 0.3) is 22.2 Å². The molecular formula is C17H18N4O. The fourth-order valence-corrected chi connectivity index (χ4v) is 3.76. The van der Waals surface area contributed by atoms with Gasteiger partial charge in [0.15, 0.2) is 11.4 Å². The Morgan fingerprint density at radius 3 is 2.77 bits per heavy atom. The molecule has 1 saturated heterocycles. The molecule has 1 aliphatic heterocycles. The van der Waals surface area contributed by atoms with E-state index in [1.807, 2.05) is 0 Å². The molecule has 1 aliphatic carbocycles. The van der Waals surface area contributed by atoms with E-state index >= 15 is 0 Å². The Hall–Kier alpha value is -2.17. The smallest absolute Gasteiger partial charge is 0.229 e. The largest absolute Gasteiger partial charge is 0.432 e. The van der Waals surface area contributed by atoms with Gasteiger partial charge in [-0.05, 0) is 50.2 Å². The number of hydrogen-bond donors (Lipinski definition) is 0. The highest BCUT2D eigenvalue weighted by Gasteiger charge is 2.22. The van der Waals surface area contributed by atoms with Gasteiger partial charge in [0, 0.05) is 18.8 Å². The van der Waals surface area contributed by atoms with E-state index in [2.05, 4.69) is 20.9 Å². The van der Waals surface area contributed by atoms with Crippen LogP contribution in [0.2, 0.25) is 0 Å². The minimum atomic E-state index is 0.719. The van der Waals surface area contributed by atoms with Crippen LogP contribution in [0.5, 0.6) is 0 Å². The molecule has 0 amide bonds. The molecule has 3 aromatic rings. The molecule has 0 saturated carbocycles. The third-order valence-corrected chi connectivity index (χ3v) is 4.91. The Bertz CT molecular complexity index is 864. The third-order valence-electron chi connectivity index (χ3n) is 4.91. The van der Waals surface area contributed by atoms with Gasteiger partial charge in [-0.2, -0.15) is 0 Å². The highest BCUT2D eigenvalue weighted by atomic mass is 16.3. The SMILES string of the molecule is c1nc(N2CCCC2)c2oc3nc4c(cc3c2n1)CCCC4. The molecule has 112 valence electrons. The molecule has 5 rings (SSSR count). The number of aryl methyl sites for hydroxylation is 2. The van der Waals surface area contributed by atoms with Crippen LogP contribution in [0.3, 0.4) is 0 Å². The van der Waals surface area contributed by atoms with Gasteiger partial charge in [0.05, 0.1) is 5.39 Å². The molecule has 0 spiro atoms. The molecule has 1 fully saturated rings. The molecule has 3 aromatic heterocycles. The van der Waals surface area contributed by atoms with E-state index in [1.165, 1.54) is 36.9 Å². The summed E-state index contributed by atoms with van der Waals surface area (Å²) in [6.45, 7) is 2.10. The Labute approximate surface area is 128 Å². The number of aromatic nitrogens is 3. The first-order valence-electron chi connectivity index (χ1n) is 8.21. The Morgan fingerprint density at radius 1 is 1.00 bits per heavy atom. The first-order chi connectivity index (χ1) is 10.9. The lowest BCUT2D eigenvalue weighted by Crippen LogP contribution is -2.19. The first kappa shape index (κ1) is 12.4. The van der Waals surface area contributed by atoms with E-state index in [0.717, 1.165) is 53.9 Å². The Morgan fingerprint density at radius 2 is 1.86 bits per heavy atom. The van der Waals surface area contributed by atoms with Gasteiger partial charge in [0.2, 0.25) is 5.71 Å². The van der Waals surface area contributed by atoms with E-state index < -0.39 is 0 Å². The highest BCUT2D eigenvalue weighted by Crippen LogP contribution is 2.34. The van der Waals surface area contributed by atoms with Gasteiger partial charge < -0.3 is 9.32 Å². The normalized spacial score (nSPS) is 18.3. The van der Waals surface area contributed by atoms with Gasteiger partial charge in [-0.3, -0.25) is 0 Å². The van der Waals surface area contributed by atoms with Crippen molar-refractivity contribution in [1.29, 1.82) is 0 Å². The summed E-state index contributed by atoms with van der Waals surface area (Å²) in [6.07, 6.45) is 8.76. The number of nitrogens with zero attached hydrogens (tertiary/aromatic N) is 4. The van der Waals surface area contributed by atoms with Crippen molar-refractivity contribution < 1.29 is 4.42 Å². The molecule has 0 N–H and O–H groups in total. The fourth-order valence-electron chi connectivity index (χ4n) is 3.76. The lowest BCUT2D eigenvalue weighted by Gasteiger charge is -2.15. The quantitative estimate of drug-likeness (QED) is 0.689. The second-order valence-electron chi connectivity index (χ2n) is 6.33. The average Bonchev–Trinajstić information content (AvgIpc) is 3.20. The Kier molecular flexibility index (Phi) is 2.62. The van der Waals surface area contributed by atoms with Crippen LogP contribution >= 0.6 is 0 Å². The predicted molar refractivity (Wildman–Crippen MR) is 85.2 cm³/mol. The maximum Gasteiger partial charge on any atom is 0.229 e. The summed E-state index contributed by atoms with van der Waals surface area (Å²) in [5.74, 6) is 0.929. The van der Waals surface area contributed by atoms with Crippen molar-refractivity contribution in [2.45, 2.75) is 38.5 Å². The van der Waals surface area contributed by atoms with Crippen LogP contribution < -0.4 is 4.90 Å². The zero-order valence-corrected chi connectivity index (χ0v) is 12.5. The topological polar surface area (TPSA) is 55.1 Å². The van der Waals surface area contributed by atoms with E-state index in [1.54, 1.807) is 6.33 Å². The second-order valence-corrected chi connectivity index (χ2v) is 6.33. The van der Waals surface area contributed by atoms with Crippen LogP contribution in [-0.2, 0) is 12.8 Å². The standard InChI is InChI=1S/C17H18N4O/c1-2-6-13-11(5-1)9-12-14-15(22-17(12)20-13)16(19-10-18-14)21-7-3-4-8-21/h9-10H,1-8H2. The summed E-state index contributed by atoms with van der Waals surface area (Å²) in [4.78, 5) is 16.0. The van der Waals surface area contributed by atoms with Crippen LogP contribution in [0.15, 0.2) is 16.8 Å². The first-order valence-corrected chi connectivity index (χ1v) is 8.21. The van der Waals surface area contributed by atoms with Crippen LogP contribution in [0, 0.1) is 0 Å². The summed E-state index contributed by atoms with van der Waals surface area (Å²) in [7, 11) is 0. The number of rotatable bonds is 1. The van der Waals surface area contributed by atoms with Crippen LogP contribution in [-0.4, -0.2) is 28.0 Å². The van der Waals surface area contributed by atoms with Gasteiger partial charge in [0.25, 0.3) is 0 Å². The minimum Gasteiger partial charge on any atom is -0.432 e. The average molecular weight is 294 g/mol. The summed E-state index contributed by atoms with van der Waals surface area (Å²) in [5.41, 5.74) is 5.00. The maximum atomic E-state index is 6.08. The van der Waals surface area contributed by atoms with Crippen molar-refractivity contribution in [3.05, 3.63) is 23.7 Å². The predicted octanol–water partition coefficient (Wildman–Crippen LogP) is 3.25. The molecule has 2 aliphatic rings. The van der Waals surface area contributed by atoms with Crippen molar-refractivity contribution in [2.24, 2.45) is 0 Å². The van der Waals surface area contributed by atoms with Crippen LogP contribution in [0.4, 0.5) is 5.82 Å². The summed E-state index contributed by atoms with van der Waals surface area (Å²) in [5, 5.41) is 1.04. The van der Waals surface area contributed by atoms with Crippen molar-refractivity contribution in [2.75, 3.05) is 18.0 Å². The third kappa shape index (κ3) is 1.74. The van der Waals surface area contributed by atoms with Gasteiger partial charge in [0.1, 0.15) is 11.8 Å². The highest BCUT2D eigenvalue weighted by molar-refractivity contribution is 6.04. The molecular weight excluding hydrogens is 276 g/mol. The number of hydrogen-bond acceptors (Lipinski definition) is 5. The van der Waals surface area contributed by atoms with Gasteiger partial charge >= 0.3 is 0 Å². The molecule has 0 radical (unpaired) electrons. The zero-order valence-electron chi connectivity index (χ0n) is 12.5. The molecule has 22 heavy (non-hydrogen) atoms. The maximum absolute atomic E-state index is 6.08. The van der Waals surface area contributed by atoms with Crippen molar-refractivity contribution in [3.63, 3.8) is 0 Å². The molecule has 0 bridgehead atoms. The monoisotopic (exact) mass is 294 g/mol. The molecule has 5 nitrogen and oxygen atoms in total. The summed E-state index contributed by atoms with van der Waals surface area (Å²) < 4.78 is 6.08. The second kappa shape index (κ2) is 4.66. The molecule has 0 aromatic carbocycles. The lowest BCUT2D eigenvalue weighted by atomic mass is 9.95. The van der Waals surface area contributed by atoms with Crippen molar-refractivity contribution >= 4 is 28.0 Å². The van der Waals surface area contributed by atoms with Crippen LogP contribution in [0.1, 0.15) is 36.9 Å². The van der Waals surface area contributed by atoms with E-state index in [4.69, 9.17) is 9.40 Å². The van der Waals surface area contributed by atoms with Crippen molar-refractivity contribution in [1.82, 2.24) is 15.0 Å². The van der Waals surface area contributed by atoms with E-state index in [-0.39, 0.29) is 0 Å². The van der Waals surface area contributed by atoms with Crippen molar-refractivity contribution in [3.8, 4) is 0 Å². The lowest BCUT2D eigenvalue weighted by molar-refractivity contribution is 0.630. The zero-order chi connectivity index (χ0) is 14.5. The van der Waals surface area contributed by atoms with Gasteiger partial charge in [-0.15, -0.1) is 0 Å². The van der Waals surface area contributed by atoms with Gasteiger partial charge in [-0.1, -0.05) is 0 Å². The fraction of sp³-hybridized carbons (Fsp3) is 0.471. The minimum absolute atomic E-state index is 0.719. The van der Waals surface area contributed by atoms with E-state index in [9.17, 15) is 0 Å². The molecule has 0 atom stereocenters. The number of furan rings is 1. The van der Waals surface area contributed by atoms with Gasteiger partial charge in [-0.25, -0.2) is 15.0 Å². The molecule has 4 heterocycles. The number of anilines is 1. The molecule has 0 unspecified atom stereocenters. The Balaban J connectivity index is 1.77.